The molecule has 0 aliphatic heterocycles. The quantitative estimate of drug-likeness (QED) is 0.851. The molecule has 0 fully saturated rings. The summed E-state index contributed by atoms with van der Waals surface area (Å²) >= 11 is 0. The van der Waals surface area contributed by atoms with Gasteiger partial charge in [-0.05, 0) is 25.0 Å². The second-order valence-corrected chi connectivity index (χ2v) is 5.30. The van der Waals surface area contributed by atoms with Crippen molar-refractivity contribution in [2.75, 3.05) is 13.7 Å². The molecule has 0 aliphatic rings. The first-order chi connectivity index (χ1) is 10.1. The Hall–Kier alpha value is -1.65. The van der Waals surface area contributed by atoms with Crippen molar-refractivity contribution in [2.45, 2.75) is 38.8 Å². The fourth-order valence-electron chi connectivity index (χ4n) is 2.63. The second-order valence-electron chi connectivity index (χ2n) is 5.30. The van der Waals surface area contributed by atoms with Gasteiger partial charge in [0.25, 0.3) is 0 Å². The molecule has 0 saturated heterocycles. The number of benzene rings is 1. The maximum absolute atomic E-state index is 11.1. The van der Waals surface area contributed by atoms with E-state index >= 15 is 0 Å². The average molecular weight is 288 g/mol. The standard InChI is InChI=1S/C17H24N2O2/c1-4-15-11-16(19(5-2)18-15)12-17(20,13-21-3)14-9-7-6-8-10-14/h6-11,20H,4-5,12-13H2,1-3H3. The Morgan fingerprint density at radius 3 is 2.52 bits per heavy atom. The SMILES string of the molecule is CCc1cc(CC(O)(COC)c2ccccc2)n(CC)n1. The fourth-order valence-corrected chi connectivity index (χ4v) is 2.63. The highest BCUT2D eigenvalue weighted by molar-refractivity contribution is 5.25. The van der Waals surface area contributed by atoms with Gasteiger partial charge in [-0.25, -0.2) is 0 Å². The Morgan fingerprint density at radius 2 is 1.95 bits per heavy atom. The Balaban J connectivity index is 2.34. The van der Waals surface area contributed by atoms with Crippen molar-refractivity contribution in [2.24, 2.45) is 0 Å². The van der Waals surface area contributed by atoms with E-state index in [-0.39, 0.29) is 6.61 Å². The third-order valence-electron chi connectivity index (χ3n) is 3.74. The zero-order chi connectivity index (χ0) is 15.3. The van der Waals surface area contributed by atoms with Crippen LogP contribution in [0.15, 0.2) is 36.4 Å². The molecule has 4 heteroatoms. The summed E-state index contributed by atoms with van der Waals surface area (Å²) in [4.78, 5) is 0. The van der Waals surface area contributed by atoms with Gasteiger partial charge in [-0.15, -0.1) is 0 Å². The minimum absolute atomic E-state index is 0.257. The molecule has 0 radical (unpaired) electrons. The lowest BCUT2D eigenvalue weighted by Gasteiger charge is -2.28. The summed E-state index contributed by atoms with van der Waals surface area (Å²) in [5.74, 6) is 0. The predicted octanol–water partition coefficient (Wildman–Crippen LogP) is 2.54. The van der Waals surface area contributed by atoms with Crippen molar-refractivity contribution >= 4 is 0 Å². The summed E-state index contributed by atoms with van der Waals surface area (Å²) in [5.41, 5.74) is 1.93. The topological polar surface area (TPSA) is 47.3 Å². The zero-order valence-electron chi connectivity index (χ0n) is 13.0. The van der Waals surface area contributed by atoms with E-state index in [1.165, 1.54) is 0 Å². The zero-order valence-corrected chi connectivity index (χ0v) is 13.0. The molecule has 0 bridgehead atoms. The van der Waals surface area contributed by atoms with Crippen LogP contribution in [0.5, 0.6) is 0 Å². The van der Waals surface area contributed by atoms with Crippen molar-refractivity contribution in [3.05, 3.63) is 53.3 Å². The third kappa shape index (κ3) is 3.52. The van der Waals surface area contributed by atoms with Crippen LogP contribution in [0.1, 0.15) is 30.8 Å². The van der Waals surface area contributed by atoms with Crippen LogP contribution < -0.4 is 0 Å². The van der Waals surface area contributed by atoms with Gasteiger partial charge in [0.2, 0.25) is 0 Å². The van der Waals surface area contributed by atoms with Gasteiger partial charge in [-0.1, -0.05) is 37.3 Å². The van der Waals surface area contributed by atoms with Crippen molar-refractivity contribution in [3.63, 3.8) is 0 Å². The Morgan fingerprint density at radius 1 is 1.24 bits per heavy atom. The van der Waals surface area contributed by atoms with Crippen LogP contribution in [0.4, 0.5) is 0 Å². The molecule has 2 aromatic rings. The summed E-state index contributed by atoms with van der Waals surface area (Å²) in [5, 5.41) is 15.6. The molecule has 1 heterocycles. The molecule has 1 aromatic carbocycles. The van der Waals surface area contributed by atoms with Crippen molar-refractivity contribution < 1.29 is 9.84 Å². The van der Waals surface area contributed by atoms with Crippen LogP contribution >= 0.6 is 0 Å². The summed E-state index contributed by atoms with van der Waals surface area (Å²) in [6, 6.07) is 11.8. The third-order valence-corrected chi connectivity index (χ3v) is 3.74. The molecular formula is C17H24N2O2. The number of hydrogen-bond donors (Lipinski definition) is 1. The molecule has 0 saturated carbocycles. The van der Waals surface area contributed by atoms with E-state index in [2.05, 4.69) is 25.0 Å². The normalized spacial score (nSPS) is 14.1. The molecule has 0 amide bonds. The number of nitrogens with zero attached hydrogens (tertiary/aromatic N) is 2. The molecule has 2 rings (SSSR count). The van der Waals surface area contributed by atoms with Crippen LogP contribution in [0.2, 0.25) is 0 Å². The maximum atomic E-state index is 11.1. The highest BCUT2D eigenvalue weighted by Gasteiger charge is 2.31. The molecule has 0 spiro atoms. The predicted molar refractivity (Wildman–Crippen MR) is 83.2 cm³/mol. The van der Waals surface area contributed by atoms with E-state index in [1.54, 1.807) is 7.11 Å². The monoisotopic (exact) mass is 288 g/mol. The summed E-state index contributed by atoms with van der Waals surface area (Å²) in [6.45, 7) is 5.21. The van der Waals surface area contributed by atoms with E-state index in [4.69, 9.17) is 4.74 Å². The highest BCUT2D eigenvalue weighted by Crippen LogP contribution is 2.26. The van der Waals surface area contributed by atoms with Crippen molar-refractivity contribution in [1.29, 1.82) is 0 Å². The van der Waals surface area contributed by atoms with E-state index in [9.17, 15) is 5.11 Å². The fraction of sp³-hybridized carbons (Fsp3) is 0.471. The summed E-state index contributed by atoms with van der Waals surface area (Å²) in [6.07, 6.45) is 1.39. The lowest BCUT2D eigenvalue weighted by atomic mass is 9.89. The molecule has 1 N–H and O–H groups in total. The first-order valence-corrected chi connectivity index (χ1v) is 7.45. The van der Waals surface area contributed by atoms with Crippen molar-refractivity contribution in [3.8, 4) is 0 Å². The number of aryl methyl sites for hydroxylation is 2. The minimum Gasteiger partial charge on any atom is -0.382 e. The second kappa shape index (κ2) is 6.87. The maximum Gasteiger partial charge on any atom is 0.118 e. The number of aromatic nitrogens is 2. The largest absolute Gasteiger partial charge is 0.382 e. The van der Waals surface area contributed by atoms with Gasteiger partial charge in [-0.3, -0.25) is 4.68 Å². The van der Waals surface area contributed by atoms with Crippen molar-refractivity contribution in [1.82, 2.24) is 9.78 Å². The molecule has 114 valence electrons. The first-order valence-electron chi connectivity index (χ1n) is 7.45. The summed E-state index contributed by atoms with van der Waals surface area (Å²) in [7, 11) is 1.61. The van der Waals surface area contributed by atoms with E-state index in [0.29, 0.717) is 6.42 Å². The Kier molecular flexibility index (Phi) is 5.15. The number of rotatable bonds is 7. The lowest BCUT2D eigenvalue weighted by molar-refractivity contribution is -0.0368. The average Bonchev–Trinajstić information content (AvgIpc) is 2.90. The van der Waals surface area contributed by atoms with Gasteiger partial charge in [0.05, 0.1) is 12.3 Å². The van der Waals surface area contributed by atoms with E-state index in [0.717, 1.165) is 29.9 Å². The minimum atomic E-state index is -1.03. The van der Waals surface area contributed by atoms with Crippen LogP contribution in [0.3, 0.4) is 0 Å². The van der Waals surface area contributed by atoms with Gasteiger partial charge in [0, 0.05) is 25.8 Å². The molecule has 0 aliphatic carbocycles. The van der Waals surface area contributed by atoms with Gasteiger partial charge >= 0.3 is 0 Å². The van der Waals surface area contributed by atoms with Crippen LogP contribution in [0, 0.1) is 0 Å². The molecule has 1 atom stereocenters. The Labute approximate surface area is 126 Å². The van der Waals surface area contributed by atoms with Crippen LogP contribution in [-0.2, 0) is 29.7 Å². The highest BCUT2D eigenvalue weighted by atomic mass is 16.5. The summed E-state index contributed by atoms with van der Waals surface area (Å²) < 4.78 is 7.22. The van der Waals surface area contributed by atoms with E-state index < -0.39 is 5.60 Å². The van der Waals surface area contributed by atoms with Gasteiger partial charge in [-0.2, -0.15) is 5.10 Å². The van der Waals surface area contributed by atoms with E-state index in [1.807, 2.05) is 35.0 Å². The number of methoxy groups -OCH3 is 1. The van der Waals surface area contributed by atoms with Gasteiger partial charge in [0.15, 0.2) is 0 Å². The lowest BCUT2D eigenvalue weighted by Crippen LogP contribution is -2.34. The molecule has 1 unspecified atom stereocenters. The molecule has 4 nitrogen and oxygen atoms in total. The number of hydrogen-bond acceptors (Lipinski definition) is 3. The van der Waals surface area contributed by atoms with Gasteiger partial charge < -0.3 is 9.84 Å². The van der Waals surface area contributed by atoms with Crippen LogP contribution in [-0.4, -0.2) is 28.6 Å². The smallest absolute Gasteiger partial charge is 0.118 e. The molecule has 21 heavy (non-hydrogen) atoms. The van der Waals surface area contributed by atoms with Gasteiger partial charge in [0.1, 0.15) is 5.60 Å². The molecular weight excluding hydrogens is 264 g/mol. The number of aliphatic hydroxyl groups is 1. The molecule has 1 aromatic heterocycles. The van der Waals surface area contributed by atoms with Crippen LogP contribution in [0.25, 0.3) is 0 Å². The Bertz CT molecular complexity index is 565. The number of ether oxygens (including phenoxy) is 1. The first kappa shape index (κ1) is 15.7.